The van der Waals surface area contributed by atoms with Crippen molar-refractivity contribution in [3.8, 4) is 0 Å². The lowest BCUT2D eigenvalue weighted by Crippen LogP contribution is -2.63. The lowest BCUT2D eigenvalue weighted by molar-refractivity contribution is -0.117. The van der Waals surface area contributed by atoms with Gasteiger partial charge in [0.1, 0.15) is 5.78 Å². The largest absolute Gasteiger partial charge is 0.335 e. The van der Waals surface area contributed by atoms with Crippen molar-refractivity contribution in [2.24, 2.45) is 11.8 Å². The molecular weight excluding hydrogens is 336 g/mol. The Hall–Kier alpha value is -1.68. The molecule has 0 aliphatic carbocycles. The highest BCUT2D eigenvalue weighted by molar-refractivity contribution is 5.94. The van der Waals surface area contributed by atoms with Crippen LogP contribution in [0.4, 0.5) is 0 Å². The summed E-state index contributed by atoms with van der Waals surface area (Å²) >= 11 is 0. The summed E-state index contributed by atoms with van der Waals surface area (Å²) < 4.78 is 0. The average Bonchev–Trinajstić information content (AvgIpc) is 2.69. The van der Waals surface area contributed by atoms with Crippen LogP contribution < -0.4 is 0 Å². The topological polar surface area (TPSA) is 40.6 Å². The van der Waals surface area contributed by atoms with Crippen molar-refractivity contribution in [2.75, 3.05) is 19.6 Å². The molecule has 2 bridgehead atoms. The van der Waals surface area contributed by atoms with Crippen LogP contribution in [0.1, 0.15) is 62.2 Å². The molecule has 1 amide bonds. The Balaban J connectivity index is 1.56. The third kappa shape index (κ3) is 3.96. The molecule has 4 atom stereocenters. The van der Waals surface area contributed by atoms with Crippen LogP contribution in [-0.4, -0.2) is 53.2 Å². The first kappa shape index (κ1) is 18.7. The van der Waals surface area contributed by atoms with Crippen LogP contribution in [0, 0.1) is 11.8 Å². The van der Waals surface area contributed by atoms with Crippen molar-refractivity contribution < 1.29 is 9.59 Å². The first-order valence-electron chi connectivity index (χ1n) is 10.7. The molecule has 0 saturated carbocycles. The molecule has 1 aromatic rings. The fourth-order valence-electron chi connectivity index (χ4n) is 5.75. The smallest absolute Gasteiger partial charge is 0.254 e. The zero-order valence-electron chi connectivity index (χ0n) is 16.5. The van der Waals surface area contributed by atoms with Gasteiger partial charge >= 0.3 is 0 Å². The first-order valence-corrected chi connectivity index (χ1v) is 10.7. The molecule has 2 unspecified atom stereocenters. The summed E-state index contributed by atoms with van der Waals surface area (Å²) in [6, 6.07) is 10.7. The Bertz CT molecular complexity index is 674. The maximum Gasteiger partial charge on any atom is 0.254 e. The predicted molar refractivity (Wildman–Crippen MR) is 107 cm³/mol. The van der Waals surface area contributed by atoms with E-state index in [-0.39, 0.29) is 17.7 Å². The van der Waals surface area contributed by atoms with Gasteiger partial charge in [-0.3, -0.25) is 9.69 Å². The minimum Gasteiger partial charge on any atom is -0.335 e. The van der Waals surface area contributed by atoms with Gasteiger partial charge < -0.3 is 9.69 Å². The van der Waals surface area contributed by atoms with Gasteiger partial charge in [-0.05, 0) is 69.5 Å². The molecule has 3 fully saturated rings. The van der Waals surface area contributed by atoms with Crippen LogP contribution in [0.15, 0.2) is 30.3 Å². The fourth-order valence-corrected chi connectivity index (χ4v) is 5.75. The highest BCUT2D eigenvalue weighted by atomic mass is 16.2. The van der Waals surface area contributed by atoms with E-state index in [0.29, 0.717) is 24.3 Å². The number of hydrogen-bond acceptors (Lipinski definition) is 3. The Kier molecular flexibility index (Phi) is 5.63. The number of ketones is 1. The highest BCUT2D eigenvalue weighted by Crippen LogP contribution is 2.42. The molecule has 3 aliphatic rings. The highest BCUT2D eigenvalue weighted by Gasteiger charge is 2.47. The van der Waals surface area contributed by atoms with Crippen LogP contribution in [0.25, 0.3) is 0 Å². The molecule has 3 aliphatic heterocycles. The van der Waals surface area contributed by atoms with E-state index < -0.39 is 0 Å². The van der Waals surface area contributed by atoms with Gasteiger partial charge in [0.25, 0.3) is 5.91 Å². The Labute approximate surface area is 162 Å². The second kappa shape index (κ2) is 8.14. The number of Topliss-reactive ketones (excluding diaryl/α,β-unsaturated/α-hetero) is 1. The van der Waals surface area contributed by atoms with Crippen LogP contribution in [0.3, 0.4) is 0 Å². The monoisotopic (exact) mass is 368 g/mol. The standard InChI is InChI=1S/C23H32N2O2/c1-17(26)8-7-12-22-19-14-20(21-11-5-6-13-24(21)15-19)16-25(22)23(27)18-9-3-2-4-10-18/h2-4,9-10,19-22H,5-8,11-16H2,1H3/t19-,20-,21?,22?/m1/s1. The molecule has 0 radical (unpaired) electrons. The Morgan fingerprint density at radius 1 is 1.07 bits per heavy atom. The first-order chi connectivity index (χ1) is 13.1. The van der Waals surface area contributed by atoms with Crippen molar-refractivity contribution in [3.05, 3.63) is 35.9 Å². The van der Waals surface area contributed by atoms with Crippen LogP contribution in [0.5, 0.6) is 0 Å². The van der Waals surface area contributed by atoms with Gasteiger partial charge in [-0.2, -0.15) is 0 Å². The molecule has 0 spiro atoms. The third-order valence-corrected chi connectivity index (χ3v) is 6.97. The molecule has 1 aromatic carbocycles. The summed E-state index contributed by atoms with van der Waals surface area (Å²) in [5.41, 5.74) is 0.801. The van der Waals surface area contributed by atoms with Crippen LogP contribution >= 0.6 is 0 Å². The number of hydrogen-bond donors (Lipinski definition) is 0. The number of fused-ring (bicyclic) bond motifs is 4. The molecular formula is C23H32N2O2. The maximum absolute atomic E-state index is 13.3. The second-order valence-electron chi connectivity index (χ2n) is 8.80. The summed E-state index contributed by atoms with van der Waals surface area (Å²) in [6.45, 7) is 4.91. The molecule has 146 valence electrons. The molecule has 0 N–H and O–H groups in total. The maximum atomic E-state index is 13.3. The molecule has 3 saturated heterocycles. The molecule has 4 nitrogen and oxygen atoms in total. The van der Waals surface area contributed by atoms with Gasteiger partial charge in [0.2, 0.25) is 0 Å². The Morgan fingerprint density at radius 3 is 2.67 bits per heavy atom. The zero-order valence-corrected chi connectivity index (χ0v) is 16.5. The minimum absolute atomic E-state index is 0.183. The average molecular weight is 369 g/mol. The van der Waals surface area contributed by atoms with Crippen molar-refractivity contribution >= 4 is 11.7 Å². The summed E-state index contributed by atoms with van der Waals surface area (Å²) in [5, 5.41) is 0. The van der Waals surface area contributed by atoms with Crippen molar-refractivity contribution in [1.82, 2.24) is 9.80 Å². The number of rotatable bonds is 5. The van der Waals surface area contributed by atoms with Gasteiger partial charge in [-0.25, -0.2) is 0 Å². The van der Waals surface area contributed by atoms with E-state index in [1.165, 1.54) is 32.2 Å². The van der Waals surface area contributed by atoms with E-state index in [9.17, 15) is 9.59 Å². The van der Waals surface area contributed by atoms with Crippen LogP contribution in [0.2, 0.25) is 0 Å². The Morgan fingerprint density at radius 2 is 1.89 bits per heavy atom. The number of carbonyl (C=O) groups is 2. The summed E-state index contributed by atoms with van der Waals surface area (Å²) in [4.78, 5) is 29.7. The number of piperidine rings is 3. The number of nitrogens with zero attached hydrogens (tertiary/aromatic N) is 2. The van der Waals surface area contributed by atoms with Gasteiger partial charge in [0, 0.05) is 37.2 Å². The quantitative estimate of drug-likeness (QED) is 0.794. The van der Waals surface area contributed by atoms with Gasteiger partial charge in [-0.1, -0.05) is 24.6 Å². The van der Waals surface area contributed by atoms with E-state index in [2.05, 4.69) is 9.80 Å². The molecule has 0 aromatic heterocycles. The molecule has 4 rings (SSSR count). The minimum atomic E-state index is 0.183. The van der Waals surface area contributed by atoms with Crippen molar-refractivity contribution in [1.29, 1.82) is 0 Å². The van der Waals surface area contributed by atoms with E-state index in [4.69, 9.17) is 0 Å². The van der Waals surface area contributed by atoms with Gasteiger partial charge in [-0.15, -0.1) is 0 Å². The normalized spacial score (nSPS) is 30.6. The second-order valence-corrected chi connectivity index (χ2v) is 8.80. The lowest BCUT2D eigenvalue weighted by Gasteiger charge is -2.56. The van der Waals surface area contributed by atoms with Crippen molar-refractivity contribution in [3.63, 3.8) is 0 Å². The lowest BCUT2D eigenvalue weighted by atomic mass is 9.71. The number of carbonyl (C=O) groups excluding carboxylic acids is 2. The van der Waals surface area contributed by atoms with Crippen LogP contribution in [-0.2, 0) is 4.79 Å². The number of amides is 1. The van der Waals surface area contributed by atoms with Gasteiger partial charge in [0.05, 0.1) is 0 Å². The number of benzene rings is 1. The summed E-state index contributed by atoms with van der Waals surface area (Å²) in [6.07, 6.45) is 7.67. The summed E-state index contributed by atoms with van der Waals surface area (Å²) in [7, 11) is 0. The van der Waals surface area contributed by atoms with Crippen molar-refractivity contribution in [2.45, 2.75) is 64.0 Å². The predicted octanol–water partition coefficient (Wildman–Crippen LogP) is 3.76. The van der Waals surface area contributed by atoms with E-state index in [0.717, 1.165) is 31.5 Å². The fraction of sp³-hybridized carbons (Fsp3) is 0.652. The molecule has 3 heterocycles. The summed E-state index contributed by atoms with van der Waals surface area (Å²) in [5.74, 6) is 1.60. The molecule has 4 heteroatoms. The number of likely N-dealkylation sites (tertiary alicyclic amines) is 1. The molecule has 27 heavy (non-hydrogen) atoms. The van der Waals surface area contributed by atoms with E-state index in [1.54, 1.807) is 6.92 Å². The van der Waals surface area contributed by atoms with E-state index in [1.807, 2.05) is 30.3 Å². The zero-order chi connectivity index (χ0) is 18.8. The third-order valence-electron chi connectivity index (χ3n) is 6.97. The van der Waals surface area contributed by atoms with E-state index >= 15 is 0 Å². The SMILES string of the molecule is CC(=O)CCCC1[C@@H]2C[C@H](CN1C(=O)c1ccccc1)C1CCCCN1C2. The van der Waals surface area contributed by atoms with Gasteiger partial charge in [0.15, 0.2) is 0 Å².